The molecule has 3 rings (SSSR count). The van der Waals surface area contributed by atoms with E-state index in [1.165, 1.54) is 23.3 Å². The Morgan fingerprint density at radius 1 is 1.45 bits per heavy atom. The van der Waals surface area contributed by atoms with Crippen LogP contribution in [0.2, 0.25) is 0 Å². The first-order valence-electron chi connectivity index (χ1n) is 7.09. The highest BCUT2D eigenvalue weighted by Gasteiger charge is 2.19. The molecule has 0 amide bonds. The smallest absolute Gasteiger partial charge is 0.127 e. The van der Waals surface area contributed by atoms with E-state index in [0.717, 1.165) is 32.2 Å². The van der Waals surface area contributed by atoms with Gasteiger partial charge in [0, 0.05) is 22.2 Å². The molecule has 0 saturated carbocycles. The zero-order valence-electron chi connectivity index (χ0n) is 12.4. The Kier molecular flexibility index (Phi) is 4.77. The van der Waals surface area contributed by atoms with E-state index in [-0.39, 0.29) is 0 Å². The first kappa shape index (κ1) is 15.9. The van der Waals surface area contributed by atoms with Crippen LogP contribution in [0.25, 0.3) is 10.2 Å². The summed E-state index contributed by atoms with van der Waals surface area (Å²) in [6, 6.07) is 3.71. The number of rotatable bonds is 6. The third-order valence-electron chi connectivity index (χ3n) is 3.66. The molecule has 0 bridgehead atoms. The molecule has 0 spiro atoms. The maximum Gasteiger partial charge on any atom is 0.127 e. The fraction of sp³-hybridized carbons (Fsp3) is 0.400. The number of nitrogens with two attached hydrogens (primary N) is 1. The van der Waals surface area contributed by atoms with E-state index in [0.29, 0.717) is 6.42 Å². The van der Waals surface area contributed by atoms with Gasteiger partial charge in [0.2, 0.25) is 0 Å². The molecule has 3 N–H and O–H groups in total. The Morgan fingerprint density at radius 2 is 2.27 bits per heavy atom. The minimum absolute atomic E-state index is 0.451. The average Bonchev–Trinajstić information content (AvgIpc) is 3.17. The number of halogens is 1. The van der Waals surface area contributed by atoms with Gasteiger partial charge in [0.05, 0.1) is 11.2 Å². The van der Waals surface area contributed by atoms with Crippen molar-refractivity contribution in [3.8, 4) is 0 Å². The van der Waals surface area contributed by atoms with Gasteiger partial charge >= 0.3 is 0 Å². The SMILES string of the molecule is Cc1c(C[C@@H](N)[C@@H](C)F)sc2c(NCc3cccs3)snc12. The number of nitrogens with one attached hydrogen (secondary N) is 1. The molecule has 0 aromatic carbocycles. The van der Waals surface area contributed by atoms with Crippen molar-refractivity contribution >= 4 is 49.4 Å². The normalized spacial score (nSPS) is 14.4. The first-order chi connectivity index (χ1) is 10.6. The molecule has 2 atom stereocenters. The molecule has 0 radical (unpaired) electrons. The fourth-order valence-corrected chi connectivity index (χ4v) is 5.11. The van der Waals surface area contributed by atoms with Crippen LogP contribution in [0.1, 0.15) is 22.2 Å². The van der Waals surface area contributed by atoms with E-state index >= 15 is 0 Å². The van der Waals surface area contributed by atoms with Crippen LogP contribution in [0, 0.1) is 6.92 Å². The van der Waals surface area contributed by atoms with Crippen molar-refractivity contribution in [2.75, 3.05) is 5.32 Å². The topological polar surface area (TPSA) is 50.9 Å². The summed E-state index contributed by atoms with van der Waals surface area (Å²) in [5.41, 5.74) is 8.03. The van der Waals surface area contributed by atoms with Gasteiger partial charge in [-0.25, -0.2) is 4.39 Å². The number of fused-ring (bicyclic) bond motifs is 1. The van der Waals surface area contributed by atoms with Gasteiger partial charge in [-0.3, -0.25) is 0 Å². The Balaban J connectivity index is 1.81. The Labute approximate surface area is 141 Å². The van der Waals surface area contributed by atoms with Crippen LogP contribution in [0.3, 0.4) is 0 Å². The number of hydrogen-bond acceptors (Lipinski definition) is 6. The molecule has 0 aliphatic rings. The highest BCUT2D eigenvalue weighted by atomic mass is 32.1. The number of anilines is 1. The standard InChI is InChI=1S/C15H18FN3S3/c1-8-12(6-11(17)9(2)16)21-14-13(8)19-22-15(14)18-7-10-4-3-5-20-10/h3-5,9,11,18H,6-7,17H2,1-2H3/t9-,11-/m1/s1. The Bertz CT molecular complexity index is 746. The van der Waals surface area contributed by atoms with Crippen molar-refractivity contribution < 1.29 is 4.39 Å². The minimum Gasteiger partial charge on any atom is -0.370 e. The van der Waals surface area contributed by atoms with Crippen LogP contribution in [0.5, 0.6) is 0 Å². The van der Waals surface area contributed by atoms with Gasteiger partial charge in [0.25, 0.3) is 0 Å². The molecule has 3 aromatic rings. The van der Waals surface area contributed by atoms with E-state index in [9.17, 15) is 4.39 Å². The molecule has 3 heterocycles. The zero-order valence-corrected chi connectivity index (χ0v) is 14.9. The molecule has 22 heavy (non-hydrogen) atoms. The van der Waals surface area contributed by atoms with Gasteiger partial charge < -0.3 is 11.1 Å². The van der Waals surface area contributed by atoms with Crippen LogP contribution >= 0.6 is 34.2 Å². The van der Waals surface area contributed by atoms with Crippen LogP contribution < -0.4 is 11.1 Å². The second-order valence-corrected chi connectivity index (χ2v) is 8.23. The lowest BCUT2D eigenvalue weighted by Gasteiger charge is -2.11. The molecule has 0 fully saturated rings. The van der Waals surface area contributed by atoms with Crippen molar-refractivity contribution in [2.45, 2.75) is 39.0 Å². The first-order valence-corrected chi connectivity index (χ1v) is 9.56. The third-order valence-corrected chi connectivity index (χ3v) is 6.79. The summed E-state index contributed by atoms with van der Waals surface area (Å²) in [7, 11) is 0. The lowest BCUT2D eigenvalue weighted by atomic mass is 10.1. The lowest BCUT2D eigenvalue weighted by Crippen LogP contribution is -2.31. The summed E-state index contributed by atoms with van der Waals surface area (Å²) in [6.07, 6.45) is -0.428. The molecular formula is C15H18FN3S3. The quantitative estimate of drug-likeness (QED) is 0.681. The summed E-state index contributed by atoms with van der Waals surface area (Å²) in [5, 5.41) is 6.62. The lowest BCUT2D eigenvalue weighted by molar-refractivity contribution is 0.305. The monoisotopic (exact) mass is 355 g/mol. The number of nitrogens with zero attached hydrogens (tertiary/aromatic N) is 1. The Morgan fingerprint density at radius 3 is 2.95 bits per heavy atom. The highest BCUT2D eigenvalue weighted by molar-refractivity contribution is 7.24. The maximum atomic E-state index is 13.3. The molecule has 0 aliphatic heterocycles. The molecule has 7 heteroatoms. The molecule has 3 aromatic heterocycles. The predicted molar refractivity (Wildman–Crippen MR) is 96.1 cm³/mol. The van der Waals surface area contributed by atoms with E-state index in [1.54, 1.807) is 22.7 Å². The molecule has 0 saturated heterocycles. The van der Waals surface area contributed by atoms with Crippen LogP contribution in [-0.4, -0.2) is 16.6 Å². The summed E-state index contributed by atoms with van der Waals surface area (Å²) in [6.45, 7) is 4.37. The Hall–Kier alpha value is -1.02. The van der Waals surface area contributed by atoms with E-state index in [4.69, 9.17) is 5.73 Å². The summed E-state index contributed by atoms with van der Waals surface area (Å²) in [4.78, 5) is 2.44. The number of hydrogen-bond donors (Lipinski definition) is 2. The van der Waals surface area contributed by atoms with Crippen molar-refractivity contribution in [3.63, 3.8) is 0 Å². The molecule has 0 aliphatic carbocycles. The zero-order chi connectivity index (χ0) is 15.7. The van der Waals surface area contributed by atoms with Crippen molar-refractivity contribution in [2.24, 2.45) is 5.73 Å². The number of alkyl halides is 1. The van der Waals surface area contributed by atoms with Gasteiger partial charge in [0.1, 0.15) is 16.7 Å². The van der Waals surface area contributed by atoms with E-state index < -0.39 is 12.2 Å². The van der Waals surface area contributed by atoms with Gasteiger partial charge in [0.15, 0.2) is 0 Å². The highest BCUT2D eigenvalue weighted by Crippen LogP contribution is 2.39. The van der Waals surface area contributed by atoms with E-state index in [2.05, 4.69) is 27.2 Å². The van der Waals surface area contributed by atoms with Crippen LogP contribution in [-0.2, 0) is 13.0 Å². The minimum atomic E-state index is -0.997. The summed E-state index contributed by atoms with van der Waals surface area (Å²) >= 11 is 4.91. The van der Waals surface area contributed by atoms with Crippen molar-refractivity contribution in [1.29, 1.82) is 0 Å². The van der Waals surface area contributed by atoms with Crippen LogP contribution in [0.4, 0.5) is 9.39 Å². The van der Waals surface area contributed by atoms with Gasteiger partial charge in [-0.05, 0) is 42.4 Å². The predicted octanol–water partition coefficient (Wildman–Crippen LogP) is 4.57. The third kappa shape index (κ3) is 3.17. The second kappa shape index (κ2) is 6.62. The van der Waals surface area contributed by atoms with Crippen molar-refractivity contribution in [1.82, 2.24) is 4.37 Å². The fourth-order valence-electron chi connectivity index (χ4n) is 2.21. The molecule has 118 valence electrons. The second-order valence-electron chi connectivity index (χ2n) is 5.32. The number of thiophene rings is 2. The maximum absolute atomic E-state index is 13.3. The molecular weight excluding hydrogens is 337 g/mol. The van der Waals surface area contributed by atoms with Gasteiger partial charge in [-0.2, -0.15) is 4.37 Å². The largest absolute Gasteiger partial charge is 0.370 e. The summed E-state index contributed by atoms with van der Waals surface area (Å²) in [5.74, 6) is 0. The summed E-state index contributed by atoms with van der Waals surface area (Å²) < 4.78 is 19.0. The van der Waals surface area contributed by atoms with Crippen LogP contribution in [0.15, 0.2) is 17.5 Å². The average molecular weight is 356 g/mol. The molecule has 0 unspecified atom stereocenters. The number of aryl methyl sites for hydroxylation is 1. The van der Waals surface area contributed by atoms with Crippen molar-refractivity contribution in [3.05, 3.63) is 32.8 Å². The van der Waals surface area contributed by atoms with Gasteiger partial charge in [-0.1, -0.05) is 6.07 Å². The number of aromatic nitrogens is 1. The van der Waals surface area contributed by atoms with Gasteiger partial charge in [-0.15, -0.1) is 22.7 Å². The molecule has 3 nitrogen and oxygen atoms in total. The van der Waals surface area contributed by atoms with E-state index in [1.807, 2.05) is 6.92 Å².